The third-order valence-electron chi connectivity index (χ3n) is 7.84. The first-order valence-corrected chi connectivity index (χ1v) is 13.6. The molecule has 0 radical (unpaired) electrons. The number of benzene rings is 1. The van der Waals surface area contributed by atoms with E-state index in [1.807, 2.05) is 11.0 Å². The number of nitrogens with one attached hydrogen (secondary N) is 1. The van der Waals surface area contributed by atoms with Crippen LogP contribution in [0.3, 0.4) is 0 Å². The number of nitrogens with zero attached hydrogens (tertiary/aromatic N) is 5. The van der Waals surface area contributed by atoms with Crippen LogP contribution >= 0.6 is 0 Å². The van der Waals surface area contributed by atoms with Crippen molar-refractivity contribution in [3.63, 3.8) is 0 Å². The second kappa shape index (κ2) is 8.49. The first kappa shape index (κ1) is 23.0. The normalized spacial score (nSPS) is 29.0. The molecule has 3 heterocycles. The lowest BCUT2D eigenvalue weighted by Crippen LogP contribution is -2.54. The van der Waals surface area contributed by atoms with E-state index >= 15 is 0 Å². The standard InChI is InChI=1S/C24H32N6O3S/c1-28(2)24(19-6-4-3-5-7-19)10-8-23(9-11-24)18-30(22(31)27-23)20-16-25-21(26-17-20)29-12-14-34(32,33)15-13-29/h3-7,16-17H,8-15,18H2,1-2H3,(H,27,31)/t23-,24-. The molecule has 2 aromatic rings. The predicted octanol–water partition coefficient (Wildman–Crippen LogP) is 2.01. The third-order valence-corrected chi connectivity index (χ3v) is 9.45. The molecule has 5 rings (SSSR count). The molecular weight excluding hydrogens is 452 g/mol. The van der Waals surface area contributed by atoms with Crippen LogP contribution in [-0.4, -0.2) is 80.1 Å². The van der Waals surface area contributed by atoms with Crippen LogP contribution in [0.25, 0.3) is 0 Å². The van der Waals surface area contributed by atoms with E-state index in [0.29, 0.717) is 31.3 Å². The Kier molecular flexibility index (Phi) is 5.76. The van der Waals surface area contributed by atoms with Crippen LogP contribution in [0.15, 0.2) is 42.7 Å². The number of amides is 2. The average Bonchev–Trinajstić information content (AvgIpc) is 3.16. The molecule has 10 heteroatoms. The van der Waals surface area contributed by atoms with Gasteiger partial charge >= 0.3 is 6.03 Å². The van der Waals surface area contributed by atoms with Crippen LogP contribution in [0, 0.1) is 0 Å². The summed E-state index contributed by atoms with van der Waals surface area (Å²) >= 11 is 0. The topological polar surface area (TPSA) is 98.7 Å². The number of anilines is 2. The number of rotatable bonds is 4. The highest BCUT2D eigenvalue weighted by atomic mass is 32.2. The highest BCUT2D eigenvalue weighted by Crippen LogP contribution is 2.46. The van der Waals surface area contributed by atoms with Crippen LogP contribution in [-0.2, 0) is 15.4 Å². The van der Waals surface area contributed by atoms with E-state index in [9.17, 15) is 13.2 Å². The zero-order valence-electron chi connectivity index (χ0n) is 19.8. The summed E-state index contributed by atoms with van der Waals surface area (Å²) < 4.78 is 23.4. The Morgan fingerprint density at radius 2 is 1.59 bits per heavy atom. The predicted molar refractivity (Wildman–Crippen MR) is 132 cm³/mol. The molecule has 2 aliphatic heterocycles. The summed E-state index contributed by atoms with van der Waals surface area (Å²) in [6, 6.07) is 10.5. The maximum atomic E-state index is 12.9. The lowest BCUT2D eigenvalue weighted by Gasteiger charge is -2.48. The minimum absolute atomic E-state index is 0.0304. The molecule has 3 fully saturated rings. The SMILES string of the molecule is CN(C)[C@]1(c2ccccc2)CC[C@@]2(CC1)CN(c1cnc(N3CCS(=O)(=O)CC3)nc1)C(=O)N2. The van der Waals surface area contributed by atoms with Crippen LogP contribution in [0.2, 0.25) is 0 Å². The van der Waals surface area contributed by atoms with Crippen molar-refractivity contribution in [1.29, 1.82) is 0 Å². The zero-order valence-corrected chi connectivity index (χ0v) is 20.6. The van der Waals surface area contributed by atoms with Crippen molar-refractivity contribution in [2.24, 2.45) is 0 Å². The Hall–Kier alpha value is -2.72. The van der Waals surface area contributed by atoms with Gasteiger partial charge in [0.1, 0.15) is 0 Å². The Morgan fingerprint density at radius 3 is 2.18 bits per heavy atom. The molecule has 1 spiro atoms. The molecule has 1 aromatic heterocycles. The molecule has 34 heavy (non-hydrogen) atoms. The largest absolute Gasteiger partial charge is 0.339 e. The quantitative estimate of drug-likeness (QED) is 0.709. The minimum Gasteiger partial charge on any atom is -0.339 e. The number of hydrogen-bond donors (Lipinski definition) is 1. The number of carbonyl (C=O) groups excluding carboxylic acids is 1. The van der Waals surface area contributed by atoms with Gasteiger partial charge in [0, 0.05) is 18.6 Å². The lowest BCUT2D eigenvalue weighted by molar-refractivity contribution is 0.0658. The fraction of sp³-hybridized carbons (Fsp3) is 0.542. The summed E-state index contributed by atoms with van der Waals surface area (Å²) in [5.74, 6) is 0.739. The van der Waals surface area contributed by atoms with Gasteiger partial charge in [-0.25, -0.2) is 23.2 Å². The maximum absolute atomic E-state index is 12.9. The smallest absolute Gasteiger partial charge is 0.322 e. The van der Waals surface area contributed by atoms with E-state index in [4.69, 9.17) is 0 Å². The lowest BCUT2D eigenvalue weighted by atomic mass is 9.69. The summed E-state index contributed by atoms with van der Waals surface area (Å²) in [5, 5.41) is 3.27. The summed E-state index contributed by atoms with van der Waals surface area (Å²) in [7, 11) is 1.32. The van der Waals surface area contributed by atoms with E-state index in [1.165, 1.54) is 5.56 Å². The number of urea groups is 1. The van der Waals surface area contributed by atoms with Crippen molar-refractivity contribution in [3.05, 3.63) is 48.3 Å². The van der Waals surface area contributed by atoms with Gasteiger partial charge < -0.3 is 10.2 Å². The van der Waals surface area contributed by atoms with Crippen molar-refractivity contribution in [2.45, 2.75) is 36.8 Å². The molecule has 0 bridgehead atoms. The Bertz CT molecular complexity index is 1130. The van der Waals surface area contributed by atoms with Crippen molar-refractivity contribution < 1.29 is 13.2 Å². The first-order chi connectivity index (χ1) is 16.2. The third kappa shape index (κ3) is 4.13. The van der Waals surface area contributed by atoms with Crippen molar-refractivity contribution >= 4 is 27.5 Å². The maximum Gasteiger partial charge on any atom is 0.322 e. The highest BCUT2D eigenvalue weighted by Gasteiger charge is 2.50. The van der Waals surface area contributed by atoms with Gasteiger partial charge in [0.05, 0.1) is 41.7 Å². The van der Waals surface area contributed by atoms with Crippen LogP contribution in [0.4, 0.5) is 16.4 Å². The Labute approximate surface area is 201 Å². The molecule has 1 saturated carbocycles. The number of hydrogen-bond acceptors (Lipinski definition) is 7. The van der Waals surface area contributed by atoms with Gasteiger partial charge in [0.15, 0.2) is 9.84 Å². The fourth-order valence-corrected chi connectivity index (χ4v) is 6.82. The van der Waals surface area contributed by atoms with Gasteiger partial charge in [-0.05, 0) is 45.3 Å². The summed E-state index contributed by atoms with van der Waals surface area (Å²) in [4.78, 5) is 27.8. The minimum atomic E-state index is -2.96. The van der Waals surface area contributed by atoms with Gasteiger partial charge in [0.25, 0.3) is 0 Å². The van der Waals surface area contributed by atoms with Gasteiger partial charge in [-0.1, -0.05) is 30.3 Å². The van der Waals surface area contributed by atoms with Gasteiger partial charge in [-0.3, -0.25) is 9.80 Å². The van der Waals surface area contributed by atoms with Crippen LogP contribution in [0.5, 0.6) is 0 Å². The number of sulfone groups is 1. The molecular formula is C24H32N6O3S. The molecule has 9 nitrogen and oxygen atoms in total. The van der Waals surface area contributed by atoms with Gasteiger partial charge in [-0.2, -0.15) is 0 Å². The van der Waals surface area contributed by atoms with Crippen molar-refractivity contribution in [2.75, 3.05) is 55.0 Å². The molecule has 3 aliphatic rings. The molecule has 1 aliphatic carbocycles. The van der Waals surface area contributed by atoms with Gasteiger partial charge in [0.2, 0.25) is 5.95 Å². The highest BCUT2D eigenvalue weighted by molar-refractivity contribution is 7.91. The molecule has 0 atom stereocenters. The van der Waals surface area contributed by atoms with Crippen molar-refractivity contribution in [1.82, 2.24) is 20.2 Å². The average molecular weight is 485 g/mol. The summed E-state index contributed by atoms with van der Waals surface area (Å²) in [6.07, 6.45) is 7.05. The summed E-state index contributed by atoms with van der Waals surface area (Å²) in [5.41, 5.74) is 1.70. The van der Waals surface area contributed by atoms with E-state index in [-0.39, 0.29) is 28.6 Å². The van der Waals surface area contributed by atoms with E-state index < -0.39 is 9.84 Å². The fourth-order valence-electron chi connectivity index (χ4n) is 5.61. The molecule has 0 unspecified atom stereocenters. The number of aromatic nitrogens is 2. The molecule has 1 N–H and O–H groups in total. The molecule has 182 valence electrons. The van der Waals surface area contributed by atoms with E-state index in [0.717, 1.165) is 25.7 Å². The summed E-state index contributed by atoms with van der Waals surface area (Å²) in [6.45, 7) is 1.38. The molecule has 1 aromatic carbocycles. The molecule has 2 saturated heterocycles. The molecule has 2 amide bonds. The number of carbonyl (C=O) groups is 1. The Morgan fingerprint density at radius 1 is 0.971 bits per heavy atom. The van der Waals surface area contributed by atoms with E-state index in [1.54, 1.807) is 17.3 Å². The van der Waals surface area contributed by atoms with Crippen LogP contribution in [0.1, 0.15) is 31.2 Å². The van der Waals surface area contributed by atoms with Crippen LogP contribution < -0.4 is 15.1 Å². The van der Waals surface area contributed by atoms with Crippen molar-refractivity contribution in [3.8, 4) is 0 Å². The second-order valence-electron chi connectivity index (χ2n) is 9.97. The zero-order chi connectivity index (χ0) is 24.0. The monoisotopic (exact) mass is 484 g/mol. The second-order valence-corrected chi connectivity index (χ2v) is 12.3. The Balaban J connectivity index is 1.28. The van der Waals surface area contributed by atoms with E-state index in [2.05, 4.69) is 58.5 Å². The first-order valence-electron chi connectivity index (χ1n) is 11.8. The van der Waals surface area contributed by atoms with Gasteiger partial charge in [-0.15, -0.1) is 0 Å².